The summed E-state index contributed by atoms with van der Waals surface area (Å²) in [5.41, 5.74) is 0.963. The second-order valence-electron chi connectivity index (χ2n) is 4.27. The maximum absolute atomic E-state index is 14.0. The van der Waals surface area contributed by atoms with Crippen molar-refractivity contribution in [3.63, 3.8) is 0 Å². The van der Waals surface area contributed by atoms with Crippen molar-refractivity contribution in [2.45, 2.75) is 13.0 Å². The fraction of sp³-hybridized carbons (Fsp3) is 0.267. The fourth-order valence-electron chi connectivity index (χ4n) is 2.13. The minimum atomic E-state index is -0.492. The molecule has 106 valence electrons. The molecule has 2 aromatic rings. The van der Waals surface area contributed by atoms with Gasteiger partial charge in [-0.15, -0.1) is 0 Å². The molecule has 0 saturated heterocycles. The van der Waals surface area contributed by atoms with Gasteiger partial charge in [-0.25, -0.2) is 8.78 Å². The van der Waals surface area contributed by atoms with Gasteiger partial charge in [0.1, 0.15) is 17.4 Å². The number of methoxy groups -OCH3 is 1. The van der Waals surface area contributed by atoms with Gasteiger partial charge < -0.3 is 10.1 Å². The Bertz CT molecular complexity index is 590. The van der Waals surface area contributed by atoms with Crippen LogP contribution in [0.4, 0.5) is 8.78 Å². The third kappa shape index (κ3) is 2.93. The maximum atomic E-state index is 14.0. The van der Waals surface area contributed by atoms with Gasteiger partial charge in [-0.3, -0.25) is 4.98 Å². The first-order valence-corrected chi connectivity index (χ1v) is 6.33. The maximum Gasteiger partial charge on any atom is 0.142 e. The Hall–Kier alpha value is -2.01. The number of halogens is 2. The molecule has 3 nitrogen and oxygen atoms in total. The topological polar surface area (TPSA) is 34.2 Å². The van der Waals surface area contributed by atoms with Gasteiger partial charge >= 0.3 is 0 Å². The summed E-state index contributed by atoms with van der Waals surface area (Å²) < 4.78 is 32.7. The summed E-state index contributed by atoms with van der Waals surface area (Å²) in [4.78, 5) is 3.97. The number of nitrogens with zero attached hydrogens (tertiary/aromatic N) is 1. The number of pyridine rings is 1. The van der Waals surface area contributed by atoms with Gasteiger partial charge in [0.05, 0.1) is 19.3 Å². The highest BCUT2D eigenvalue weighted by Gasteiger charge is 2.21. The minimum absolute atomic E-state index is 0.247. The van der Waals surface area contributed by atoms with E-state index in [1.54, 1.807) is 18.5 Å². The molecule has 0 fully saturated rings. The van der Waals surface area contributed by atoms with Crippen LogP contribution in [0, 0.1) is 11.6 Å². The monoisotopic (exact) mass is 278 g/mol. The standard InChI is InChI=1S/C15H16F2N2O/c1-3-19-15(11-6-7-18-9-14(11)20-2)12-8-10(16)4-5-13(12)17/h4-9,15,19H,3H2,1-2H3. The molecule has 0 aliphatic carbocycles. The van der Waals surface area contributed by atoms with Crippen molar-refractivity contribution >= 4 is 0 Å². The van der Waals surface area contributed by atoms with Gasteiger partial charge in [-0.1, -0.05) is 6.92 Å². The van der Waals surface area contributed by atoms with Gasteiger partial charge in [-0.05, 0) is 30.8 Å². The first-order valence-electron chi connectivity index (χ1n) is 6.33. The molecule has 0 saturated carbocycles. The summed E-state index contributed by atoms with van der Waals surface area (Å²) in [7, 11) is 1.52. The average Bonchev–Trinajstić information content (AvgIpc) is 2.47. The number of nitrogens with one attached hydrogen (secondary N) is 1. The molecule has 0 aliphatic rings. The van der Waals surface area contributed by atoms with Crippen LogP contribution < -0.4 is 10.1 Å². The number of aromatic nitrogens is 1. The van der Waals surface area contributed by atoms with Crippen molar-refractivity contribution in [1.82, 2.24) is 10.3 Å². The Morgan fingerprint density at radius 1 is 1.25 bits per heavy atom. The SMILES string of the molecule is CCNC(c1cc(F)ccc1F)c1ccncc1OC. The molecule has 0 bridgehead atoms. The largest absolute Gasteiger partial charge is 0.495 e. The molecular weight excluding hydrogens is 262 g/mol. The number of benzene rings is 1. The van der Waals surface area contributed by atoms with Crippen LogP contribution in [0.2, 0.25) is 0 Å². The third-order valence-electron chi connectivity index (χ3n) is 3.02. The van der Waals surface area contributed by atoms with E-state index in [0.29, 0.717) is 17.9 Å². The van der Waals surface area contributed by atoms with Gasteiger partial charge in [0, 0.05) is 17.3 Å². The lowest BCUT2D eigenvalue weighted by Crippen LogP contribution is -2.23. The lowest BCUT2D eigenvalue weighted by Gasteiger charge is -2.21. The molecule has 1 N–H and O–H groups in total. The Morgan fingerprint density at radius 2 is 2.05 bits per heavy atom. The summed E-state index contributed by atoms with van der Waals surface area (Å²) in [6.45, 7) is 2.50. The zero-order chi connectivity index (χ0) is 14.5. The van der Waals surface area contributed by atoms with E-state index in [9.17, 15) is 8.78 Å². The van der Waals surface area contributed by atoms with Crippen LogP contribution in [0.15, 0.2) is 36.7 Å². The third-order valence-corrected chi connectivity index (χ3v) is 3.02. The predicted molar refractivity (Wildman–Crippen MR) is 72.7 cm³/mol. The van der Waals surface area contributed by atoms with Crippen LogP contribution in [0.25, 0.3) is 0 Å². The van der Waals surface area contributed by atoms with Gasteiger partial charge in [-0.2, -0.15) is 0 Å². The minimum Gasteiger partial charge on any atom is -0.495 e. The molecule has 1 unspecified atom stereocenters. The van der Waals surface area contributed by atoms with Crippen molar-refractivity contribution < 1.29 is 13.5 Å². The van der Waals surface area contributed by atoms with E-state index in [2.05, 4.69) is 10.3 Å². The highest BCUT2D eigenvalue weighted by molar-refractivity contribution is 5.40. The Labute approximate surface area is 116 Å². The molecule has 5 heteroatoms. The van der Waals surface area contributed by atoms with Gasteiger partial charge in [0.15, 0.2) is 0 Å². The lowest BCUT2D eigenvalue weighted by atomic mass is 9.98. The summed E-state index contributed by atoms with van der Waals surface area (Å²) in [6.07, 6.45) is 3.15. The van der Waals surface area contributed by atoms with E-state index < -0.39 is 17.7 Å². The average molecular weight is 278 g/mol. The number of ether oxygens (including phenoxy) is 1. The van der Waals surface area contributed by atoms with E-state index in [4.69, 9.17) is 4.74 Å². The van der Waals surface area contributed by atoms with Gasteiger partial charge in [0.25, 0.3) is 0 Å². The fourth-order valence-corrected chi connectivity index (χ4v) is 2.13. The second-order valence-corrected chi connectivity index (χ2v) is 4.27. The molecule has 2 rings (SSSR count). The van der Waals surface area contributed by atoms with Crippen molar-refractivity contribution in [2.75, 3.05) is 13.7 Å². The summed E-state index contributed by atoms with van der Waals surface area (Å²) in [5, 5.41) is 3.14. The second kappa shape index (κ2) is 6.43. The Balaban J connectivity index is 2.53. The zero-order valence-electron chi connectivity index (χ0n) is 11.4. The van der Waals surface area contributed by atoms with Crippen LogP contribution in [-0.2, 0) is 0 Å². The molecule has 1 heterocycles. The number of hydrogen-bond acceptors (Lipinski definition) is 3. The molecule has 0 aliphatic heterocycles. The van der Waals surface area contributed by atoms with Crippen molar-refractivity contribution in [3.05, 3.63) is 59.4 Å². The van der Waals surface area contributed by atoms with Crippen molar-refractivity contribution in [1.29, 1.82) is 0 Å². The van der Waals surface area contributed by atoms with Crippen LogP contribution in [-0.4, -0.2) is 18.6 Å². The molecule has 1 atom stereocenters. The van der Waals surface area contributed by atoms with Crippen LogP contribution in [0.5, 0.6) is 5.75 Å². The van der Waals surface area contributed by atoms with E-state index in [0.717, 1.165) is 12.1 Å². The Morgan fingerprint density at radius 3 is 2.75 bits per heavy atom. The van der Waals surface area contributed by atoms with Crippen molar-refractivity contribution in [2.24, 2.45) is 0 Å². The lowest BCUT2D eigenvalue weighted by molar-refractivity contribution is 0.401. The first kappa shape index (κ1) is 14.4. The quantitative estimate of drug-likeness (QED) is 0.912. The number of hydrogen-bond donors (Lipinski definition) is 1. The molecule has 0 spiro atoms. The van der Waals surface area contributed by atoms with Crippen molar-refractivity contribution in [3.8, 4) is 5.75 Å². The van der Waals surface area contributed by atoms with E-state index >= 15 is 0 Å². The number of rotatable bonds is 5. The summed E-state index contributed by atoms with van der Waals surface area (Å²) in [6, 6.07) is 4.67. The highest BCUT2D eigenvalue weighted by Crippen LogP contribution is 2.30. The molecule has 1 aromatic heterocycles. The van der Waals surface area contributed by atoms with Gasteiger partial charge in [0.2, 0.25) is 0 Å². The molecule has 20 heavy (non-hydrogen) atoms. The zero-order valence-corrected chi connectivity index (χ0v) is 11.4. The molecule has 1 aromatic carbocycles. The van der Waals surface area contributed by atoms with Crippen LogP contribution in [0.3, 0.4) is 0 Å². The highest BCUT2D eigenvalue weighted by atomic mass is 19.1. The smallest absolute Gasteiger partial charge is 0.142 e. The molecular formula is C15H16F2N2O. The predicted octanol–water partition coefficient (Wildman–Crippen LogP) is 3.07. The summed E-state index contributed by atoms with van der Waals surface area (Å²) >= 11 is 0. The Kier molecular flexibility index (Phi) is 4.63. The van der Waals surface area contributed by atoms with E-state index in [-0.39, 0.29) is 5.56 Å². The van der Waals surface area contributed by atoms with Crippen LogP contribution in [0.1, 0.15) is 24.1 Å². The van der Waals surface area contributed by atoms with E-state index in [1.807, 2.05) is 6.92 Å². The van der Waals surface area contributed by atoms with Crippen LogP contribution >= 0.6 is 0 Å². The summed E-state index contributed by atoms with van der Waals surface area (Å²) in [5.74, 6) is -0.407. The van der Waals surface area contributed by atoms with E-state index in [1.165, 1.54) is 13.2 Å². The first-order chi connectivity index (χ1) is 9.67. The normalized spacial score (nSPS) is 12.2. The molecule has 0 radical (unpaired) electrons. The molecule has 0 amide bonds.